The maximum absolute atomic E-state index is 13.5. The van der Waals surface area contributed by atoms with Gasteiger partial charge in [-0.1, -0.05) is 23.7 Å². The highest BCUT2D eigenvalue weighted by molar-refractivity contribution is 6.30. The van der Waals surface area contributed by atoms with E-state index in [9.17, 15) is 13.6 Å². The van der Waals surface area contributed by atoms with Gasteiger partial charge in [-0.2, -0.15) is 0 Å². The van der Waals surface area contributed by atoms with E-state index in [0.717, 1.165) is 6.07 Å². The molecule has 0 fully saturated rings. The number of carbonyl (C=O) groups excluding carboxylic acids is 1. The molecule has 20 heavy (non-hydrogen) atoms. The average Bonchev–Trinajstić information content (AvgIpc) is 2.41. The van der Waals surface area contributed by atoms with Crippen LogP contribution in [-0.2, 0) is 4.79 Å². The molecule has 0 atom stereocenters. The molecule has 0 aromatic heterocycles. The zero-order chi connectivity index (χ0) is 14.5. The molecule has 102 valence electrons. The van der Waals surface area contributed by atoms with Crippen molar-refractivity contribution in [1.29, 1.82) is 0 Å². The SMILES string of the molecule is O=C(/C=C/c1ccc(F)cc1)Nc1ccc(Cl)cc1F. The summed E-state index contributed by atoms with van der Waals surface area (Å²) in [6, 6.07) is 9.60. The highest BCUT2D eigenvalue weighted by atomic mass is 35.5. The first-order valence-corrected chi connectivity index (χ1v) is 6.12. The highest BCUT2D eigenvalue weighted by Gasteiger charge is 2.05. The number of anilines is 1. The third-order valence-electron chi connectivity index (χ3n) is 2.49. The lowest BCUT2D eigenvalue weighted by Crippen LogP contribution is -2.09. The fourth-order valence-electron chi connectivity index (χ4n) is 1.51. The number of amides is 1. The summed E-state index contributed by atoms with van der Waals surface area (Å²) in [4.78, 5) is 11.6. The molecule has 0 bridgehead atoms. The summed E-state index contributed by atoms with van der Waals surface area (Å²) in [5.41, 5.74) is 0.710. The molecule has 5 heteroatoms. The van der Waals surface area contributed by atoms with E-state index >= 15 is 0 Å². The predicted octanol–water partition coefficient (Wildman–Crippen LogP) is 4.27. The van der Waals surface area contributed by atoms with Gasteiger partial charge >= 0.3 is 0 Å². The van der Waals surface area contributed by atoms with E-state index in [1.807, 2.05) is 0 Å². The summed E-state index contributed by atoms with van der Waals surface area (Å²) in [5, 5.41) is 2.64. The van der Waals surface area contributed by atoms with Crippen molar-refractivity contribution < 1.29 is 13.6 Å². The smallest absolute Gasteiger partial charge is 0.248 e. The third-order valence-corrected chi connectivity index (χ3v) is 2.72. The molecule has 2 nitrogen and oxygen atoms in total. The van der Waals surface area contributed by atoms with E-state index in [-0.39, 0.29) is 16.5 Å². The number of hydrogen-bond acceptors (Lipinski definition) is 1. The normalized spacial score (nSPS) is 10.8. The first kappa shape index (κ1) is 14.2. The fourth-order valence-corrected chi connectivity index (χ4v) is 1.67. The van der Waals surface area contributed by atoms with Gasteiger partial charge in [0.1, 0.15) is 11.6 Å². The molecular formula is C15H10ClF2NO. The molecule has 0 heterocycles. The van der Waals surface area contributed by atoms with Crippen molar-refractivity contribution in [2.45, 2.75) is 0 Å². The Hall–Kier alpha value is -2.20. The van der Waals surface area contributed by atoms with E-state index in [2.05, 4.69) is 5.32 Å². The second-order valence-electron chi connectivity index (χ2n) is 4.00. The second kappa shape index (κ2) is 6.30. The molecule has 2 aromatic carbocycles. The number of hydrogen-bond donors (Lipinski definition) is 1. The van der Waals surface area contributed by atoms with Crippen molar-refractivity contribution in [2.75, 3.05) is 5.32 Å². The molecule has 2 aromatic rings. The Kier molecular flexibility index (Phi) is 4.48. The van der Waals surface area contributed by atoms with Crippen LogP contribution in [0.5, 0.6) is 0 Å². The van der Waals surface area contributed by atoms with E-state index in [1.165, 1.54) is 48.6 Å². The minimum Gasteiger partial charge on any atom is -0.320 e. The summed E-state index contributed by atoms with van der Waals surface area (Å²) in [6.07, 6.45) is 2.74. The molecule has 2 rings (SSSR count). The number of rotatable bonds is 3. The van der Waals surface area contributed by atoms with Crippen molar-refractivity contribution in [3.63, 3.8) is 0 Å². The van der Waals surface area contributed by atoms with Gasteiger partial charge < -0.3 is 5.32 Å². The molecule has 0 saturated heterocycles. The van der Waals surface area contributed by atoms with Gasteiger partial charge in [-0.15, -0.1) is 0 Å². The molecule has 0 aliphatic rings. The number of carbonyl (C=O) groups is 1. The lowest BCUT2D eigenvalue weighted by atomic mass is 10.2. The molecule has 0 saturated carbocycles. The van der Waals surface area contributed by atoms with E-state index in [0.29, 0.717) is 5.56 Å². The summed E-state index contributed by atoms with van der Waals surface area (Å²) in [5.74, 6) is -1.45. The van der Waals surface area contributed by atoms with Gasteiger partial charge in [-0.3, -0.25) is 4.79 Å². The molecule has 1 N–H and O–H groups in total. The van der Waals surface area contributed by atoms with E-state index in [1.54, 1.807) is 0 Å². The minimum absolute atomic E-state index is 0.0446. The maximum Gasteiger partial charge on any atom is 0.248 e. The Morgan fingerprint density at radius 2 is 1.80 bits per heavy atom. The van der Waals surface area contributed by atoms with Gasteiger partial charge in [0.25, 0.3) is 0 Å². The second-order valence-corrected chi connectivity index (χ2v) is 4.43. The first-order chi connectivity index (χ1) is 9.54. The van der Waals surface area contributed by atoms with Crippen molar-refractivity contribution in [1.82, 2.24) is 0 Å². The summed E-state index contributed by atoms with van der Waals surface area (Å²) in [6.45, 7) is 0. The Balaban J connectivity index is 2.03. The predicted molar refractivity (Wildman–Crippen MR) is 75.5 cm³/mol. The van der Waals surface area contributed by atoms with Crippen LogP contribution in [0, 0.1) is 11.6 Å². The van der Waals surface area contributed by atoms with Crippen LogP contribution >= 0.6 is 11.6 Å². The van der Waals surface area contributed by atoms with Crippen LogP contribution in [0.3, 0.4) is 0 Å². The largest absolute Gasteiger partial charge is 0.320 e. The minimum atomic E-state index is -0.610. The Labute approximate surface area is 119 Å². The van der Waals surface area contributed by atoms with Gasteiger partial charge in [-0.05, 0) is 42.0 Å². The van der Waals surface area contributed by atoms with Gasteiger partial charge in [0, 0.05) is 11.1 Å². The van der Waals surface area contributed by atoms with Crippen molar-refractivity contribution >= 4 is 29.3 Å². The van der Waals surface area contributed by atoms with Crippen LogP contribution in [0.1, 0.15) is 5.56 Å². The summed E-state index contributed by atoms with van der Waals surface area (Å²) >= 11 is 5.61. The zero-order valence-corrected chi connectivity index (χ0v) is 11.0. The summed E-state index contributed by atoms with van der Waals surface area (Å²) in [7, 11) is 0. The first-order valence-electron chi connectivity index (χ1n) is 5.74. The maximum atomic E-state index is 13.5. The molecule has 0 spiro atoms. The van der Waals surface area contributed by atoms with E-state index < -0.39 is 11.7 Å². The van der Waals surface area contributed by atoms with Gasteiger partial charge in [0.05, 0.1) is 5.69 Å². The topological polar surface area (TPSA) is 29.1 Å². The van der Waals surface area contributed by atoms with Crippen LogP contribution in [0.15, 0.2) is 48.5 Å². The van der Waals surface area contributed by atoms with Crippen LogP contribution in [-0.4, -0.2) is 5.91 Å². The molecule has 1 amide bonds. The van der Waals surface area contributed by atoms with Crippen LogP contribution in [0.25, 0.3) is 6.08 Å². The fraction of sp³-hybridized carbons (Fsp3) is 0. The molecule has 0 unspecified atom stereocenters. The Morgan fingerprint density at radius 3 is 2.45 bits per heavy atom. The van der Waals surface area contributed by atoms with Crippen molar-refractivity contribution in [3.8, 4) is 0 Å². The average molecular weight is 294 g/mol. The monoisotopic (exact) mass is 293 g/mol. The van der Waals surface area contributed by atoms with Crippen LogP contribution < -0.4 is 5.32 Å². The van der Waals surface area contributed by atoms with E-state index in [4.69, 9.17) is 11.6 Å². The number of benzene rings is 2. The van der Waals surface area contributed by atoms with Gasteiger partial charge in [-0.25, -0.2) is 8.78 Å². The molecule has 0 radical (unpaired) electrons. The van der Waals surface area contributed by atoms with Crippen molar-refractivity contribution in [3.05, 3.63) is 70.8 Å². The van der Waals surface area contributed by atoms with Gasteiger partial charge in [0.15, 0.2) is 0 Å². The lowest BCUT2D eigenvalue weighted by molar-refractivity contribution is -0.111. The standard InChI is InChI=1S/C15H10ClF2NO/c16-11-4-7-14(13(18)9-11)19-15(20)8-3-10-1-5-12(17)6-2-10/h1-9H,(H,19,20)/b8-3+. The summed E-state index contributed by atoms with van der Waals surface area (Å²) < 4.78 is 26.1. The molecular weight excluding hydrogens is 284 g/mol. The Bertz CT molecular complexity index is 653. The zero-order valence-electron chi connectivity index (χ0n) is 10.2. The van der Waals surface area contributed by atoms with Crippen LogP contribution in [0.4, 0.5) is 14.5 Å². The van der Waals surface area contributed by atoms with Gasteiger partial charge in [0.2, 0.25) is 5.91 Å². The van der Waals surface area contributed by atoms with Crippen molar-refractivity contribution in [2.24, 2.45) is 0 Å². The highest BCUT2D eigenvalue weighted by Crippen LogP contribution is 2.18. The number of halogens is 3. The number of nitrogens with one attached hydrogen (secondary N) is 1. The third kappa shape index (κ3) is 3.90. The molecule has 0 aliphatic carbocycles. The van der Waals surface area contributed by atoms with Crippen LogP contribution in [0.2, 0.25) is 5.02 Å². The lowest BCUT2D eigenvalue weighted by Gasteiger charge is -2.03. The quantitative estimate of drug-likeness (QED) is 0.841. The Morgan fingerprint density at radius 1 is 1.10 bits per heavy atom. The molecule has 0 aliphatic heterocycles.